The highest BCUT2D eigenvalue weighted by Gasteiger charge is 2.22. The van der Waals surface area contributed by atoms with Gasteiger partial charge in [-0.15, -0.1) is 0 Å². The molecule has 0 unspecified atom stereocenters. The third-order valence-electron chi connectivity index (χ3n) is 8.53. The van der Waals surface area contributed by atoms with Crippen LogP contribution >= 0.6 is 0 Å². The summed E-state index contributed by atoms with van der Waals surface area (Å²) in [6, 6.07) is 8.13. The molecule has 0 radical (unpaired) electrons. The minimum Gasteiger partial charge on any atom is -0.405 e. The fourth-order valence-corrected chi connectivity index (χ4v) is 5.87. The number of oxazole rings is 1. The first-order valence-electron chi connectivity index (χ1n) is 17.3. The zero-order chi connectivity index (χ0) is 36.3. The molecule has 276 valence electrons. The van der Waals surface area contributed by atoms with E-state index in [0.29, 0.717) is 131 Å². The Morgan fingerprint density at radius 3 is 2.44 bits per heavy atom. The van der Waals surface area contributed by atoms with Crippen molar-refractivity contribution in [2.24, 2.45) is 0 Å². The van der Waals surface area contributed by atoms with Gasteiger partial charge in [-0.25, -0.2) is 19.6 Å². The third kappa shape index (κ3) is 9.35. The van der Waals surface area contributed by atoms with Crippen LogP contribution in [0, 0.1) is 0 Å². The van der Waals surface area contributed by atoms with Gasteiger partial charge in [0.1, 0.15) is 23.4 Å². The minimum atomic E-state index is 0.0127. The molecule has 6 rings (SSSR count). The highest BCUT2D eigenvalue weighted by Crippen LogP contribution is 2.32. The van der Waals surface area contributed by atoms with Crippen molar-refractivity contribution in [2.45, 2.75) is 39.3 Å². The van der Waals surface area contributed by atoms with Crippen LogP contribution in [0.5, 0.6) is 0 Å². The number of pyridine rings is 1. The van der Waals surface area contributed by atoms with Crippen LogP contribution in [-0.2, 0) is 48.0 Å². The van der Waals surface area contributed by atoms with Gasteiger partial charge in [-0.1, -0.05) is 25.1 Å². The molecule has 0 aliphatic carbocycles. The number of benzene rings is 1. The van der Waals surface area contributed by atoms with E-state index in [4.69, 9.17) is 39.9 Å². The average molecular weight is 717 g/mol. The third-order valence-corrected chi connectivity index (χ3v) is 8.53. The SMILES string of the molecule is CCC(=O)NCCOCCOCCOCCOCCC(=O)N1CCc2cc(Cn3nc(-c4cnc5oc(N)nc5c4)c4c(N)ncnc43)ccc2C1. The second-order valence-electron chi connectivity index (χ2n) is 12.1. The van der Waals surface area contributed by atoms with Crippen molar-refractivity contribution in [3.8, 4) is 11.3 Å². The van der Waals surface area contributed by atoms with E-state index in [0.717, 1.165) is 17.5 Å². The van der Waals surface area contributed by atoms with Gasteiger partial charge in [-0.2, -0.15) is 10.1 Å². The number of carbonyl (C=O) groups is 2. The smallest absolute Gasteiger partial charge is 0.294 e. The largest absolute Gasteiger partial charge is 0.405 e. The molecule has 0 saturated heterocycles. The monoisotopic (exact) mass is 716 g/mol. The van der Waals surface area contributed by atoms with Crippen LogP contribution < -0.4 is 16.8 Å². The molecule has 0 atom stereocenters. The van der Waals surface area contributed by atoms with Crippen LogP contribution in [0.15, 0.2) is 41.2 Å². The summed E-state index contributed by atoms with van der Waals surface area (Å²) in [5, 5.41) is 8.24. The van der Waals surface area contributed by atoms with E-state index < -0.39 is 0 Å². The fraction of sp³-hybridized carbons (Fsp3) is 0.457. The molecule has 5 heterocycles. The maximum Gasteiger partial charge on any atom is 0.294 e. The highest BCUT2D eigenvalue weighted by atomic mass is 16.6. The van der Waals surface area contributed by atoms with Crippen molar-refractivity contribution in [3.63, 3.8) is 0 Å². The Bertz CT molecular complexity index is 1980. The molecule has 2 amide bonds. The van der Waals surface area contributed by atoms with Crippen LogP contribution in [0.2, 0.25) is 0 Å². The summed E-state index contributed by atoms with van der Waals surface area (Å²) in [7, 11) is 0. The lowest BCUT2D eigenvalue weighted by Gasteiger charge is -2.29. The first-order valence-corrected chi connectivity index (χ1v) is 17.3. The standard InChI is InChI=1S/C35H44N10O7/c1-2-28(46)38-7-10-49-12-14-51-16-15-50-13-11-48-9-6-29(47)44-8-5-24-17-23(3-4-25(24)21-44)20-45-33-30(32(36)40-22-41-33)31(43-45)26-18-27-34(39-19-26)52-35(37)42-27/h3-4,17-19,22H,2,5-16,20-21H2,1H3,(H2,37,42)(H,38,46)(H2,36,40,41). The second-order valence-corrected chi connectivity index (χ2v) is 12.1. The molecule has 0 saturated carbocycles. The lowest BCUT2D eigenvalue weighted by molar-refractivity contribution is -0.133. The number of carbonyl (C=O) groups excluding carboxylic acids is 2. The fourth-order valence-electron chi connectivity index (χ4n) is 5.87. The van der Waals surface area contributed by atoms with Gasteiger partial charge in [-0.05, 0) is 29.2 Å². The number of nitrogens with two attached hydrogens (primary N) is 2. The molecular formula is C35H44N10O7. The quantitative estimate of drug-likeness (QED) is 0.104. The summed E-state index contributed by atoms with van der Waals surface area (Å²) in [4.78, 5) is 43.2. The predicted molar refractivity (Wildman–Crippen MR) is 191 cm³/mol. The van der Waals surface area contributed by atoms with E-state index in [1.807, 2.05) is 11.8 Å². The number of nitrogens with one attached hydrogen (secondary N) is 1. The van der Waals surface area contributed by atoms with Crippen molar-refractivity contribution in [1.82, 2.24) is 39.9 Å². The molecule has 5 N–H and O–H groups in total. The topological polar surface area (TPSA) is 221 Å². The number of hydrogen-bond acceptors (Lipinski definition) is 14. The van der Waals surface area contributed by atoms with Gasteiger partial charge in [-0.3, -0.25) is 9.59 Å². The summed E-state index contributed by atoms with van der Waals surface area (Å²) >= 11 is 0. The second kappa shape index (κ2) is 17.8. The number of ether oxygens (including phenoxy) is 4. The number of anilines is 2. The molecular weight excluding hydrogens is 672 g/mol. The van der Waals surface area contributed by atoms with Gasteiger partial charge in [0.2, 0.25) is 17.5 Å². The zero-order valence-electron chi connectivity index (χ0n) is 29.2. The average Bonchev–Trinajstić information content (AvgIpc) is 3.72. The lowest BCUT2D eigenvalue weighted by atomic mass is 9.97. The summed E-state index contributed by atoms with van der Waals surface area (Å²) in [5.74, 6) is 0.388. The summed E-state index contributed by atoms with van der Waals surface area (Å²) < 4.78 is 29.1. The van der Waals surface area contributed by atoms with Crippen LogP contribution in [0.4, 0.5) is 11.8 Å². The van der Waals surface area contributed by atoms with Crippen LogP contribution in [0.25, 0.3) is 33.5 Å². The molecule has 1 aliphatic heterocycles. The Morgan fingerprint density at radius 2 is 1.67 bits per heavy atom. The molecule has 1 aliphatic rings. The van der Waals surface area contributed by atoms with Crippen molar-refractivity contribution in [3.05, 3.63) is 53.5 Å². The number of hydrogen-bond donors (Lipinski definition) is 3. The molecule has 0 bridgehead atoms. The molecule has 5 aromatic rings. The van der Waals surface area contributed by atoms with Gasteiger partial charge in [0.15, 0.2) is 5.65 Å². The Balaban J connectivity index is 0.916. The van der Waals surface area contributed by atoms with Crippen molar-refractivity contribution < 1.29 is 33.0 Å². The molecule has 0 spiro atoms. The summed E-state index contributed by atoms with van der Waals surface area (Å²) in [5.41, 5.74) is 18.1. The van der Waals surface area contributed by atoms with Gasteiger partial charge in [0.05, 0.1) is 71.2 Å². The van der Waals surface area contributed by atoms with Gasteiger partial charge >= 0.3 is 0 Å². The molecule has 1 aromatic carbocycles. The molecule has 0 fully saturated rings. The first-order chi connectivity index (χ1) is 25.4. The summed E-state index contributed by atoms with van der Waals surface area (Å²) in [6.45, 7) is 7.39. The van der Waals surface area contributed by atoms with Crippen molar-refractivity contribution >= 4 is 45.9 Å². The van der Waals surface area contributed by atoms with E-state index in [-0.39, 0.29) is 17.8 Å². The van der Waals surface area contributed by atoms with E-state index in [1.165, 1.54) is 11.9 Å². The van der Waals surface area contributed by atoms with Crippen LogP contribution in [0.1, 0.15) is 36.5 Å². The number of nitrogen functional groups attached to an aromatic ring is 2. The van der Waals surface area contributed by atoms with E-state index >= 15 is 0 Å². The van der Waals surface area contributed by atoms with Crippen molar-refractivity contribution in [1.29, 1.82) is 0 Å². The Hall–Kier alpha value is -5.23. The number of aromatic nitrogens is 6. The number of fused-ring (bicyclic) bond motifs is 3. The summed E-state index contributed by atoms with van der Waals surface area (Å²) in [6.07, 6.45) is 4.59. The van der Waals surface area contributed by atoms with Crippen LogP contribution in [0.3, 0.4) is 0 Å². The van der Waals surface area contributed by atoms with Gasteiger partial charge in [0.25, 0.3) is 6.01 Å². The normalized spacial score (nSPS) is 12.8. The Kier molecular flexibility index (Phi) is 12.5. The molecule has 17 nitrogen and oxygen atoms in total. The maximum absolute atomic E-state index is 12.9. The Morgan fingerprint density at radius 1 is 0.923 bits per heavy atom. The minimum absolute atomic E-state index is 0.0127. The van der Waals surface area contributed by atoms with E-state index in [9.17, 15) is 9.59 Å². The highest BCUT2D eigenvalue weighted by molar-refractivity contribution is 5.99. The van der Waals surface area contributed by atoms with Gasteiger partial charge < -0.3 is 45.0 Å². The van der Waals surface area contributed by atoms with Crippen LogP contribution in [-0.4, -0.2) is 112 Å². The first kappa shape index (κ1) is 36.6. The van der Waals surface area contributed by atoms with Gasteiger partial charge in [0, 0.05) is 37.8 Å². The van der Waals surface area contributed by atoms with E-state index in [1.54, 1.807) is 16.9 Å². The Labute approximate surface area is 300 Å². The maximum atomic E-state index is 12.9. The zero-order valence-corrected chi connectivity index (χ0v) is 29.2. The predicted octanol–water partition coefficient (Wildman–Crippen LogP) is 2.11. The number of nitrogens with zero attached hydrogens (tertiary/aromatic N) is 7. The molecule has 52 heavy (non-hydrogen) atoms. The molecule has 17 heteroatoms. The number of rotatable bonds is 19. The van der Waals surface area contributed by atoms with E-state index in [2.05, 4.69) is 43.5 Å². The molecule has 4 aromatic heterocycles. The lowest BCUT2D eigenvalue weighted by Crippen LogP contribution is -2.36. The van der Waals surface area contributed by atoms with Crippen molar-refractivity contribution in [2.75, 3.05) is 77.4 Å². The number of amides is 2.